The highest BCUT2D eigenvalue weighted by Crippen LogP contribution is 2.25. The zero-order valence-electron chi connectivity index (χ0n) is 14.2. The van der Waals surface area contributed by atoms with Crippen molar-refractivity contribution in [3.63, 3.8) is 0 Å². The summed E-state index contributed by atoms with van der Waals surface area (Å²) < 4.78 is 0. The van der Waals surface area contributed by atoms with Gasteiger partial charge in [0.2, 0.25) is 5.91 Å². The molecule has 1 aliphatic rings. The topological polar surface area (TPSA) is 71.0 Å². The third-order valence-electron chi connectivity index (χ3n) is 4.40. The minimum absolute atomic E-state index is 0.0128. The summed E-state index contributed by atoms with van der Waals surface area (Å²) >= 11 is 1.52. The lowest BCUT2D eigenvalue weighted by Crippen LogP contribution is -2.49. The second-order valence-corrected chi connectivity index (χ2v) is 6.99. The molecule has 1 fully saturated rings. The van der Waals surface area contributed by atoms with Crippen molar-refractivity contribution in [1.29, 1.82) is 0 Å². The van der Waals surface area contributed by atoms with Crippen LogP contribution in [0.4, 0.5) is 0 Å². The smallest absolute Gasteiger partial charge is 0.229 e. The maximum atomic E-state index is 12.9. The molecule has 0 aliphatic carbocycles. The van der Waals surface area contributed by atoms with Crippen molar-refractivity contribution in [3.8, 4) is 10.7 Å². The number of carbonyl (C=O) groups excluding carboxylic acids is 1. The lowest BCUT2D eigenvalue weighted by atomic mass is 10.0. The van der Waals surface area contributed by atoms with Gasteiger partial charge in [-0.15, -0.1) is 11.3 Å². The Labute approximate surface area is 155 Å². The summed E-state index contributed by atoms with van der Waals surface area (Å²) in [5.74, 6) is 0.0956. The van der Waals surface area contributed by atoms with E-state index in [1.54, 1.807) is 12.4 Å². The molecule has 4 heterocycles. The molecule has 1 atom stereocenters. The van der Waals surface area contributed by atoms with Gasteiger partial charge in [0.15, 0.2) is 0 Å². The van der Waals surface area contributed by atoms with Crippen molar-refractivity contribution in [2.75, 3.05) is 19.6 Å². The maximum absolute atomic E-state index is 12.9. The molecule has 1 N–H and O–H groups in total. The second-order valence-electron chi connectivity index (χ2n) is 6.13. The minimum atomic E-state index is 0.0128. The van der Waals surface area contributed by atoms with E-state index in [0.717, 1.165) is 35.0 Å². The Morgan fingerprint density at radius 2 is 2.23 bits per heavy atom. The predicted molar refractivity (Wildman–Crippen MR) is 101 cm³/mol. The number of pyridine rings is 2. The normalized spacial score (nSPS) is 17.2. The van der Waals surface area contributed by atoms with Gasteiger partial charge in [-0.2, -0.15) is 0 Å². The summed E-state index contributed by atoms with van der Waals surface area (Å²) in [6.45, 7) is 2.24. The molecule has 26 heavy (non-hydrogen) atoms. The molecule has 0 aromatic carbocycles. The van der Waals surface area contributed by atoms with Gasteiger partial charge in [0, 0.05) is 43.6 Å². The van der Waals surface area contributed by atoms with Gasteiger partial charge >= 0.3 is 0 Å². The quantitative estimate of drug-likeness (QED) is 0.768. The van der Waals surface area contributed by atoms with Gasteiger partial charge in [0.25, 0.3) is 0 Å². The number of piperazine rings is 1. The van der Waals surface area contributed by atoms with E-state index in [1.165, 1.54) is 11.3 Å². The fraction of sp³-hybridized carbons (Fsp3) is 0.263. The SMILES string of the molecule is O=C(Cc1csc(-c2ccccn2)n1)N1CCNCC1c1cccnc1. The van der Waals surface area contributed by atoms with E-state index in [4.69, 9.17) is 0 Å². The number of nitrogens with one attached hydrogen (secondary N) is 1. The van der Waals surface area contributed by atoms with Crippen molar-refractivity contribution in [1.82, 2.24) is 25.2 Å². The molecule has 0 saturated carbocycles. The van der Waals surface area contributed by atoms with Crippen LogP contribution in [0.15, 0.2) is 54.3 Å². The number of hydrogen-bond donors (Lipinski definition) is 1. The largest absolute Gasteiger partial charge is 0.333 e. The lowest BCUT2D eigenvalue weighted by molar-refractivity contribution is -0.133. The van der Waals surface area contributed by atoms with Crippen LogP contribution < -0.4 is 5.32 Å². The van der Waals surface area contributed by atoms with E-state index in [0.29, 0.717) is 13.0 Å². The van der Waals surface area contributed by atoms with E-state index in [-0.39, 0.29) is 11.9 Å². The Balaban J connectivity index is 1.49. The first-order chi connectivity index (χ1) is 12.8. The van der Waals surface area contributed by atoms with Crippen LogP contribution in [0.1, 0.15) is 17.3 Å². The van der Waals surface area contributed by atoms with E-state index < -0.39 is 0 Å². The van der Waals surface area contributed by atoms with Gasteiger partial charge in [-0.3, -0.25) is 14.8 Å². The summed E-state index contributed by atoms with van der Waals surface area (Å²) in [6, 6.07) is 9.69. The molecule has 7 heteroatoms. The van der Waals surface area contributed by atoms with Crippen LogP contribution in [0, 0.1) is 0 Å². The van der Waals surface area contributed by atoms with E-state index in [9.17, 15) is 4.79 Å². The summed E-state index contributed by atoms with van der Waals surface area (Å²) in [7, 11) is 0. The molecule has 3 aromatic heterocycles. The Hall–Kier alpha value is -2.64. The van der Waals surface area contributed by atoms with Crippen LogP contribution in [-0.2, 0) is 11.2 Å². The third kappa shape index (κ3) is 3.63. The average molecular weight is 365 g/mol. The standard InChI is InChI=1S/C19H19N5OS/c25-18(10-15-13-26-19(23-15)16-5-1-2-7-22-16)24-9-8-21-12-17(24)14-4-3-6-20-11-14/h1-7,11,13,17,21H,8-10,12H2. The van der Waals surface area contributed by atoms with Gasteiger partial charge in [-0.1, -0.05) is 12.1 Å². The lowest BCUT2D eigenvalue weighted by Gasteiger charge is -2.36. The molecule has 132 valence electrons. The molecule has 4 rings (SSSR count). The molecule has 1 amide bonds. The van der Waals surface area contributed by atoms with E-state index >= 15 is 0 Å². The van der Waals surface area contributed by atoms with Crippen LogP contribution in [-0.4, -0.2) is 45.4 Å². The van der Waals surface area contributed by atoms with E-state index in [2.05, 4.69) is 20.3 Å². The van der Waals surface area contributed by atoms with Gasteiger partial charge in [0.1, 0.15) is 5.01 Å². The molecule has 1 aliphatic heterocycles. The second kappa shape index (κ2) is 7.72. The molecule has 6 nitrogen and oxygen atoms in total. The number of hydrogen-bond acceptors (Lipinski definition) is 6. The molecular formula is C19H19N5OS. The Morgan fingerprint density at radius 3 is 3.04 bits per heavy atom. The molecule has 0 radical (unpaired) electrons. The number of aromatic nitrogens is 3. The van der Waals surface area contributed by atoms with Crippen LogP contribution >= 0.6 is 11.3 Å². The van der Waals surface area contributed by atoms with Crippen LogP contribution in [0.25, 0.3) is 10.7 Å². The molecule has 0 spiro atoms. The van der Waals surface area contributed by atoms with Crippen molar-refractivity contribution < 1.29 is 4.79 Å². The summed E-state index contributed by atoms with van der Waals surface area (Å²) in [4.78, 5) is 28.0. The van der Waals surface area contributed by atoms with Gasteiger partial charge in [0.05, 0.1) is 23.9 Å². The first kappa shape index (κ1) is 16.8. The van der Waals surface area contributed by atoms with Crippen molar-refractivity contribution >= 4 is 17.2 Å². The Kier molecular flexibility index (Phi) is 4.99. The summed E-state index contributed by atoms with van der Waals surface area (Å²) in [5.41, 5.74) is 2.69. The number of rotatable bonds is 4. The van der Waals surface area contributed by atoms with E-state index in [1.807, 2.05) is 46.8 Å². The zero-order chi connectivity index (χ0) is 17.8. The van der Waals surface area contributed by atoms with Crippen LogP contribution in [0.5, 0.6) is 0 Å². The summed E-state index contributed by atoms with van der Waals surface area (Å²) in [6.07, 6.45) is 5.64. The number of nitrogens with zero attached hydrogens (tertiary/aromatic N) is 4. The highest BCUT2D eigenvalue weighted by Gasteiger charge is 2.28. The third-order valence-corrected chi connectivity index (χ3v) is 5.31. The molecule has 1 saturated heterocycles. The summed E-state index contributed by atoms with van der Waals surface area (Å²) in [5, 5.41) is 6.16. The fourth-order valence-electron chi connectivity index (χ4n) is 3.13. The first-order valence-corrected chi connectivity index (χ1v) is 9.45. The highest BCUT2D eigenvalue weighted by molar-refractivity contribution is 7.13. The van der Waals surface area contributed by atoms with Crippen molar-refractivity contribution in [2.24, 2.45) is 0 Å². The Morgan fingerprint density at radius 1 is 1.27 bits per heavy atom. The monoisotopic (exact) mass is 365 g/mol. The predicted octanol–water partition coefficient (Wildman–Crippen LogP) is 2.32. The molecule has 1 unspecified atom stereocenters. The average Bonchev–Trinajstić information content (AvgIpc) is 3.18. The zero-order valence-corrected chi connectivity index (χ0v) is 15.0. The number of carbonyl (C=O) groups is 1. The number of thiazole rings is 1. The number of amides is 1. The van der Waals surface area contributed by atoms with Crippen molar-refractivity contribution in [3.05, 3.63) is 65.6 Å². The molecular weight excluding hydrogens is 346 g/mol. The molecule has 0 bridgehead atoms. The van der Waals surface area contributed by atoms with Gasteiger partial charge in [-0.25, -0.2) is 4.98 Å². The van der Waals surface area contributed by atoms with Gasteiger partial charge < -0.3 is 10.2 Å². The van der Waals surface area contributed by atoms with Crippen LogP contribution in [0.2, 0.25) is 0 Å². The van der Waals surface area contributed by atoms with Gasteiger partial charge in [-0.05, 0) is 23.8 Å². The van der Waals surface area contributed by atoms with Crippen molar-refractivity contribution in [2.45, 2.75) is 12.5 Å². The first-order valence-electron chi connectivity index (χ1n) is 8.57. The minimum Gasteiger partial charge on any atom is -0.333 e. The fourth-order valence-corrected chi connectivity index (χ4v) is 3.92. The molecule has 3 aromatic rings. The maximum Gasteiger partial charge on any atom is 0.229 e. The van der Waals surface area contributed by atoms with Crippen LogP contribution in [0.3, 0.4) is 0 Å². The highest BCUT2D eigenvalue weighted by atomic mass is 32.1. The Bertz CT molecular complexity index is 868.